The van der Waals surface area contributed by atoms with E-state index in [-0.39, 0.29) is 12.4 Å². The van der Waals surface area contributed by atoms with Crippen molar-refractivity contribution in [2.24, 2.45) is 0 Å². The van der Waals surface area contributed by atoms with Crippen molar-refractivity contribution >= 4 is 0 Å². The average Bonchev–Trinajstić information content (AvgIpc) is 2.15. The highest BCUT2D eigenvalue weighted by molar-refractivity contribution is 4.43. The zero-order valence-electron chi connectivity index (χ0n) is 10.4. The first-order valence-corrected chi connectivity index (χ1v) is 5.76. The third-order valence-electron chi connectivity index (χ3n) is 2.42. The summed E-state index contributed by atoms with van der Waals surface area (Å²) in [6.07, 6.45) is 4.77. The second kappa shape index (κ2) is 10.7. The lowest BCUT2D eigenvalue weighted by molar-refractivity contribution is -0.893. The Morgan fingerprint density at radius 1 is 1.13 bits per heavy atom. The van der Waals surface area contributed by atoms with Gasteiger partial charge in [0.1, 0.15) is 6.67 Å². The molecule has 0 bridgehead atoms. The summed E-state index contributed by atoms with van der Waals surface area (Å²) in [6, 6.07) is 0. The van der Waals surface area contributed by atoms with Crippen molar-refractivity contribution in [2.75, 3.05) is 40.5 Å². The highest BCUT2D eigenvalue weighted by atomic mass is 35.5. The first kappa shape index (κ1) is 17.6. The van der Waals surface area contributed by atoms with Crippen LogP contribution in [0.1, 0.15) is 32.6 Å². The summed E-state index contributed by atoms with van der Waals surface area (Å²) in [7, 11) is 4.39. The normalized spacial score (nSPS) is 11.2. The SMILES string of the molecule is CCCCCNC[N+](C)(C)CCCO.[Cl-]. The fourth-order valence-electron chi connectivity index (χ4n) is 1.46. The van der Waals surface area contributed by atoms with Crippen molar-refractivity contribution in [2.45, 2.75) is 32.6 Å². The summed E-state index contributed by atoms with van der Waals surface area (Å²) in [5.74, 6) is 0. The molecule has 0 saturated heterocycles. The number of rotatable bonds is 9. The number of hydrogen-bond donors (Lipinski definition) is 2. The number of nitrogens with zero attached hydrogens (tertiary/aromatic N) is 1. The number of unbranched alkanes of at least 4 members (excludes halogenated alkanes) is 2. The Morgan fingerprint density at radius 2 is 1.80 bits per heavy atom. The lowest BCUT2D eigenvalue weighted by Crippen LogP contribution is -3.00. The van der Waals surface area contributed by atoms with Gasteiger partial charge in [0.15, 0.2) is 0 Å². The summed E-state index contributed by atoms with van der Waals surface area (Å²) in [6.45, 7) is 5.69. The number of quaternary nitrogens is 1. The van der Waals surface area contributed by atoms with E-state index in [1.165, 1.54) is 19.3 Å². The Morgan fingerprint density at radius 3 is 2.33 bits per heavy atom. The Kier molecular flexibility index (Phi) is 12.5. The average molecular weight is 239 g/mol. The van der Waals surface area contributed by atoms with E-state index >= 15 is 0 Å². The molecule has 94 valence electrons. The van der Waals surface area contributed by atoms with E-state index in [9.17, 15) is 0 Å². The summed E-state index contributed by atoms with van der Waals surface area (Å²) in [5, 5.41) is 12.2. The second-order valence-corrected chi connectivity index (χ2v) is 4.60. The maximum absolute atomic E-state index is 8.74. The maximum Gasteiger partial charge on any atom is 0.132 e. The molecule has 2 N–H and O–H groups in total. The lowest BCUT2D eigenvalue weighted by atomic mass is 10.2. The molecule has 0 aromatic carbocycles. The second-order valence-electron chi connectivity index (χ2n) is 4.60. The van der Waals surface area contributed by atoms with Crippen molar-refractivity contribution in [3.63, 3.8) is 0 Å². The minimum Gasteiger partial charge on any atom is -1.00 e. The molecular formula is C11H27ClN2O. The molecule has 4 heteroatoms. The molecule has 0 fully saturated rings. The molecule has 0 aromatic heterocycles. The largest absolute Gasteiger partial charge is 1.00 e. The van der Waals surface area contributed by atoms with E-state index in [0.717, 1.165) is 30.7 Å². The first-order chi connectivity index (χ1) is 6.62. The molecule has 0 unspecified atom stereocenters. The molecule has 0 aromatic rings. The lowest BCUT2D eigenvalue weighted by Gasteiger charge is -2.29. The number of nitrogens with one attached hydrogen (secondary N) is 1. The van der Waals surface area contributed by atoms with Crippen LogP contribution in [-0.2, 0) is 0 Å². The Hall–Kier alpha value is 0.170. The van der Waals surface area contributed by atoms with Gasteiger partial charge in [-0.15, -0.1) is 0 Å². The number of aliphatic hydroxyl groups is 1. The van der Waals surface area contributed by atoms with Crippen molar-refractivity contribution in [1.82, 2.24) is 5.32 Å². The van der Waals surface area contributed by atoms with Crippen LogP contribution in [0.2, 0.25) is 0 Å². The Bertz CT molecular complexity index is 132. The molecular weight excluding hydrogens is 212 g/mol. The van der Waals surface area contributed by atoms with Crippen LogP contribution in [0.4, 0.5) is 0 Å². The molecule has 0 amide bonds. The van der Waals surface area contributed by atoms with Crippen molar-refractivity contribution in [1.29, 1.82) is 0 Å². The van der Waals surface area contributed by atoms with Gasteiger partial charge in [-0.1, -0.05) is 19.8 Å². The fourth-order valence-corrected chi connectivity index (χ4v) is 1.46. The molecule has 3 nitrogen and oxygen atoms in total. The predicted octanol–water partition coefficient (Wildman–Crippen LogP) is -1.81. The van der Waals surface area contributed by atoms with Crippen LogP contribution < -0.4 is 17.7 Å². The van der Waals surface area contributed by atoms with Gasteiger partial charge < -0.3 is 22.0 Å². The molecule has 0 rings (SSSR count). The van der Waals surface area contributed by atoms with Crippen molar-refractivity contribution < 1.29 is 22.0 Å². The van der Waals surface area contributed by atoms with E-state index < -0.39 is 0 Å². The zero-order chi connectivity index (χ0) is 10.9. The van der Waals surface area contributed by atoms with Crippen molar-refractivity contribution in [3.8, 4) is 0 Å². The maximum atomic E-state index is 8.74. The van der Waals surface area contributed by atoms with Gasteiger partial charge in [-0.25, -0.2) is 0 Å². The summed E-state index contributed by atoms with van der Waals surface area (Å²) >= 11 is 0. The zero-order valence-corrected chi connectivity index (χ0v) is 11.2. The van der Waals surface area contributed by atoms with E-state index in [1.807, 2.05) is 0 Å². The van der Waals surface area contributed by atoms with Crippen LogP contribution in [-0.4, -0.2) is 50.0 Å². The van der Waals surface area contributed by atoms with Crippen LogP contribution in [0.15, 0.2) is 0 Å². The van der Waals surface area contributed by atoms with Crippen LogP contribution in [0.5, 0.6) is 0 Å². The van der Waals surface area contributed by atoms with Gasteiger partial charge in [-0.3, -0.25) is 5.32 Å². The molecule has 0 aliphatic rings. The summed E-state index contributed by atoms with van der Waals surface area (Å²) in [5.41, 5.74) is 0. The highest BCUT2D eigenvalue weighted by Gasteiger charge is 2.12. The minimum atomic E-state index is 0. The molecule has 0 aliphatic carbocycles. The third-order valence-corrected chi connectivity index (χ3v) is 2.42. The summed E-state index contributed by atoms with van der Waals surface area (Å²) < 4.78 is 0.951. The molecule has 0 heterocycles. The molecule has 0 aliphatic heterocycles. The highest BCUT2D eigenvalue weighted by Crippen LogP contribution is 1.97. The molecule has 15 heavy (non-hydrogen) atoms. The third kappa shape index (κ3) is 12.1. The van der Waals surface area contributed by atoms with E-state index in [4.69, 9.17) is 5.11 Å². The quantitative estimate of drug-likeness (QED) is 0.282. The van der Waals surface area contributed by atoms with Gasteiger partial charge in [0.25, 0.3) is 0 Å². The topological polar surface area (TPSA) is 32.3 Å². The van der Waals surface area contributed by atoms with Gasteiger partial charge in [0, 0.05) is 19.6 Å². The number of halogens is 1. The van der Waals surface area contributed by atoms with Gasteiger partial charge in [0.05, 0.1) is 20.6 Å². The van der Waals surface area contributed by atoms with Crippen LogP contribution in [0.3, 0.4) is 0 Å². The number of aliphatic hydroxyl groups excluding tert-OH is 1. The van der Waals surface area contributed by atoms with Gasteiger partial charge >= 0.3 is 0 Å². The smallest absolute Gasteiger partial charge is 0.132 e. The predicted molar refractivity (Wildman–Crippen MR) is 61.1 cm³/mol. The standard InChI is InChI=1S/C11H27N2O.ClH/c1-4-5-6-8-12-11-13(2,3)9-7-10-14;/h12,14H,4-11H2,1-3H3;1H/q+1;/p-1. The van der Waals surface area contributed by atoms with Gasteiger partial charge in [-0.05, 0) is 6.42 Å². The monoisotopic (exact) mass is 238 g/mol. The van der Waals surface area contributed by atoms with Crippen LogP contribution in [0.25, 0.3) is 0 Å². The van der Waals surface area contributed by atoms with Crippen LogP contribution >= 0.6 is 0 Å². The first-order valence-electron chi connectivity index (χ1n) is 5.76. The van der Waals surface area contributed by atoms with E-state index in [0.29, 0.717) is 6.61 Å². The Labute approximate surface area is 101 Å². The molecule has 0 spiro atoms. The fraction of sp³-hybridized carbons (Fsp3) is 1.00. The van der Waals surface area contributed by atoms with Gasteiger partial charge in [0.2, 0.25) is 0 Å². The van der Waals surface area contributed by atoms with Gasteiger partial charge in [-0.2, -0.15) is 0 Å². The number of hydrogen-bond acceptors (Lipinski definition) is 2. The van der Waals surface area contributed by atoms with Crippen LogP contribution in [0, 0.1) is 0 Å². The van der Waals surface area contributed by atoms with E-state index in [2.05, 4.69) is 26.3 Å². The Balaban J connectivity index is 0. The van der Waals surface area contributed by atoms with Crippen molar-refractivity contribution in [3.05, 3.63) is 0 Å². The molecule has 0 atom stereocenters. The minimum absolute atomic E-state index is 0. The van der Waals surface area contributed by atoms with E-state index in [1.54, 1.807) is 0 Å². The summed E-state index contributed by atoms with van der Waals surface area (Å²) in [4.78, 5) is 0. The molecule has 0 radical (unpaired) electrons. The molecule has 0 saturated carbocycles.